The molecule has 4 rings (SSSR count). The number of hydrogen-bond acceptors (Lipinski definition) is 7. The van der Waals surface area contributed by atoms with Crippen LogP contribution in [0.4, 0.5) is 5.69 Å². The molecule has 2 aliphatic rings. The number of aliphatic hydroxyl groups is 1. The number of benzene rings is 1. The molecule has 168 valence electrons. The number of aliphatic hydroxyl groups excluding tert-OH is 1. The molecule has 2 aromatic rings. The third kappa shape index (κ3) is 4.38. The average molecular weight is 454 g/mol. The van der Waals surface area contributed by atoms with E-state index in [1.807, 2.05) is 32.0 Å². The molecule has 0 bridgehead atoms. The molecule has 32 heavy (non-hydrogen) atoms. The van der Waals surface area contributed by atoms with Gasteiger partial charge in [-0.1, -0.05) is 13.8 Å². The van der Waals surface area contributed by atoms with E-state index >= 15 is 0 Å². The predicted molar refractivity (Wildman–Crippen MR) is 124 cm³/mol. The fourth-order valence-corrected chi connectivity index (χ4v) is 5.54. The number of pyridine rings is 1. The normalized spacial score (nSPS) is 25.6. The Balaban J connectivity index is 1.52. The van der Waals surface area contributed by atoms with Gasteiger partial charge in [-0.2, -0.15) is 5.26 Å². The molecule has 0 aliphatic carbocycles. The van der Waals surface area contributed by atoms with Crippen molar-refractivity contribution in [3.05, 3.63) is 36.0 Å². The molecule has 2 saturated heterocycles. The Kier molecular flexibility index (Phi) is 6.53. The van der Waals surface area contributed by atoms with Crippen LogP contribution in [0.2, 0.25) is 0 Å². The first-order valence-corrected chi connectivity index (χ1v) is 11.9. The molecule has 1 aromatic carbocycles. The standard InChI is InChI=1S/C23H27N5O3S/c1-14-10-27(11-15(2)22(14)30)16-3-4-20-19(7-16)18(5-6-25-20)23(31)26-9-21(29)28-13-32-12-17(28)8-24/h3-7,14-15,17,22,30H,9-13H2,1-2H3,(H,26,31). The highest BCUT2D eigenvalue weighted by molar-refractivity contribution is 7.99. The van der Waals surface area contributed by atoms with Gasteiger partial charge in [0.05, 0.1) is 35.7 Å². The van der Waals surface area contributed by atoms with Crippen molar-refractivity contribution >= 4 is 40.2 Å². The molecule has 3 heterocycles. The number of nitriles is 1. The number of aromatic nitrogens is 1. The molecule has 9 heteroatoms. The summed E-state index contributed by atoms with van der Waals surface area (Å²) in [7, 11) is 0. The third-order valence-corrected chi connectivity index (χ3v) is 7.28. The van der Waals surface area contributed by atoms with Crippen molar-refractivity contribution in [2.75, 3.05) is 36.2 Å². The van der Waals surface area contributed by atoms with Crippen LogP contribution in [-0.2, 0) is 4.79 Å². The second-order valence-corrected chi connectivity index (χ2v) is 9.60. The molecular formula is C23H27N5O3S. The fraction of sp³-hybridized carbons (Fsp3) is 0.478. The zero-order chi connectivity index (χ0) is 22.8. The number of nitrogens with one attached hydrogen (secondary N) is 1. The zero-order valence-electron chi connectivity index (χ0n) is 18.2. The van der Waals surface area contributed by atoms with Gasteiger partial charge in [-0.25, -0.2) is 0 Å². The van der Waals surface area contributed by atoms with E-state index in [0.29, 0.717) is 28.1 Å². The SMILES string of the molecule is CC1CN(c2ccc3nccc(C(=O)NCC(=O)N4CSCC4C#N)c3c2)CC(C)C1O. The molecular weight excluding hydrogens is 426 g/mol. The molecule has 0 radical (unpaired) electrons. The molecule has 2 aliphatic heterocycles. The second kappa shape index (κ2) is 9.35. The van der Waals surface area contributed by atoms with Crippen molar-refractivity contribution in [3.63, 3.8) is 0 Å². The number of piperidine rings is 1. The van der Waals surface area contributed by atoms with Crippen molar-refractivity contribution in [1.29, 1.82) is 5.26 Å². The molecule has 8 nitrogen and oxygen atoms in total. The first kappa shape index (κ1) is 22.4. The zero-order valence-corrected chi connectivity index (χ0v) is 19.0. The summed E-state index contributed by atoms with van der Waals surface area (Å²) in [4.78, 5) is 33.5. The van der Waals surface area contributed by atoms with Crippen LogP contribution in [0.5, 0.6) is 0 Å². The van der Waals surface area contributed by atoms with E-state index in [0.717, 1.165) is 18.8 Å². The second-order valence-electron chi connectivity index (χ2n) is 8.60. The lowest BCUT2D eigenvalue weighted by Gasteiger charge is -2.40. The molecule has 1 aromatic heterocycles. The summed E-state index contributed by atoms with van der Waals surface area (Å²) in [5.41, 5.74) is 2.13. The minimum absolute atomic E-state index is 0.151. The number of anilines is 1. The predicted octanol–water partition coefficient (Wildman–Crippen LogP) is 1.84. The van der Waals surface area contributed by atoms with E-state index < -0.39 is 6.04 Å². The number of thioether (sulfide) groups is 1. The van der Waals surface area contributed by atoms with Crippen molar-refractivity contribution < 1.29 is 14.7 Å². The van der Waals surface area contributed by atoms with Crippen LogP contribution in [0.3, 0.4) is 0 Å². The maximum Gasteiger partial charge on any atom is 0.252 e. The highest BCUT2D eigenvalue weighted by Crippen LogP contribution is 2.30. The van der Waals surface area contributed by atoms with Gasteiger partial charge in [0, 0.05) is 36.1 Å². The van der Waals surface area contributed by atoms with Gasteiger partial charge in [0.25, 0.3) is 5.91 Å². The van der Waals surface area contributed by atoms with E-state index in [9.17, 15) is 20.0 Å². The maximum atomic E-state index is 12.9. The highest BCUT2D eigenvalue weighted by atomic mass is 32.2. The lowest BCUT2D eigenvalue weighted by atomic mass is 9.88. The third-order valence-electron chi connectivity index (χ3n) is 6.27. The summed E-state index contributed by atoms with van der Waals surface area (Å²) >= 11 is 1.53. The molecule has 2 amide bonds. The lowest BCUT2D eigenvalue weighted by molar-refractivity contribution is -0.129. The van der Waals surface area contributed by atoms with Crippen molar-refractivity contribution in [3.8, 4) is 6.07 Å². The van der Waals surface area contributed by atoms with E-state index in [-0.39, 0.29) is 36.3 Å². The summed E-state index contributed by atoms with van der Waals surface area (Å²) in [6.45, 7) is 5.41. The van der Waals surface area contributed by atoms with Crippen LogP contribution < -0.4 is 10.2 Å². The van der Waals surface area contributed by atoms with Crippen LogP contribution >= 0.6 is 11.8 Å². The Bertz CT molecular complexity index is 1060. The number of hydrogen-bond donors (Lipinski definition) is 2. The average Bonchev–Trinajstić information content (AvgIpc) is 3.28. The van der Waals surface area contributed by atoms with Crippen LogP contribution in [0.15, 0.2) is 30.5 Å². The summed E-state index contributed by atoms with van der Waals surface area (Å²) in [5.74, 6) is 0.758. The Morgan fingerprint density at radius 1 is 1.28 bits per heavy atom. The van der Waals surface area contributed by atoms with E-state index in [1.54, 1.807) is 12.3 Å². The van der Waals surface area contributed by atoms with Crippen molar-refractivity contribution in [1.82, 2.24) is 15.2 Å². The molecule has 2 N–H and O–H groups in total. The van der Waals surface area contributed by atoms with E-state index in [2.05, 4.69) is 21.3 Å². The van der Waals surface area contributed by atoms with Gasteiger partial charge in [-0.05, 0) is 36.1 Å². The van der Waals surface area contributed by atoms with Crippen LogP contribution in [0.1, 0.15) is 24.2 Å². The first-order chi connectivity index (χ1) is 15.4. The number of amides is 2. The van der Waals surface area contributed by atoms with E-state index in [4.69, 9.17) is 0 Å². The Morgan fingerprint density at radius 2 is 2.03 bits per heavy atom. The van der Waals surface area contributed by atoms with Crippen LogP contribution in [-0.4, -0.2) is 70.2 Å². The molecule has 2 fully saturated rings. The summed E-state index contributed by atoms with van der Waals surface area (Å²) in [6.07, 6.45) is 1.27. The van der Waals surface area contributed by atoms with Gasteiger partial charge in [0.15, 0.2) is 0 Å². The van der Waals surface area contributed by atoms with Gasteiger partial charge in [0.1, 0.15) is 6.04 Å². The topological polar surface area (TPSA) is 110 Å². The van der Waals surface area contributed by atoms with Crippen molar-refractivity contribution in [2.45, 2.75) is 26.0 Å². The summed E-state index contributed by atoms with van der Waals surface area (Å²) in [6, 6.07) is 9.18. The van der Waals surface area contributed by atoms with Crippen LogP contribution in [0, 0.1) is 23.2 Å². The monoisotopic (exact) mass is 453 g/mol. The molecule has 3 atom stereocenters. The summed E-state index contributed by atoms with van der Waals surface area (Å²) < 4.78 is 0. The maximum absolute atomic E-state index is 12.9. The Morgan fingerprint density at radius 3 is 2.75 bits per heavy atom. The first-order valence-electron chi connectivity index (χ1n) is 10.8. The van der Waals surface area contributed by atoms with Crippen LogP contribution in [0.25, 0.3) is 10.9 Å². The Hall–Kier alpha value is -2.83. The minimum atomic E-state index is -0.443. The summed E-state index contributed by atoms with van der Waals surface area (Å²) in [5, 5.41) is 22.9. The fourth-order valence-electron chi connectivity index (χ4n) is 4.43. The largest absolute Gasteiger partial charge is 0.392 e. The van der Waals surface area contributed by atoms with Gasteiger partial charge in [0.2, 0.25) is 5.91 Å². The van der Waals surface area contributed by atoms with Gasteiger partial charge >= 0.3 is 0 Å². The molecule has 0 spiro atoms. The molecule has 0 saturated carbocycles. The number of carbonyl (C=O) groups is 2. The molecule has 3 unspecified atom stereocenters. The smallest absolute Gasteiger partial charge is 0.252 e. The van der Waals surface area contributed by atoms with Gasteiger partial charge in [-0.3, -0.25) is 14.6 Å². The number of fused-ring (bicyclic) bond motifs is 1. The minimum Gasteiger partial charge on any atom is -0.392 e. The number of rotatable bonds is 4. The van der Waals surface area contributed by atoms with Gasteiger partial charge in [-0.15, -0.1) is 11.8 Å². The van der Waals surface area contributed by atoms with Gasteiger partial charge < -0.3 is 20.2 Å². The van der Waals surface area contributed by atoms with E-state index in [1.165, 1.54) is 16.7 Å². The van der Waals surface area contributed by atoms with Crippen molar-refractivity contribution in [2.24, 2.45) is 11.8 Å². The Labute approximate surface area is 191 Å². The number of carbonyl (C=O) groups excluding carboxylic acids is 2. The lowest BCUT2D eigenvalue weighted by Crippen LogP contribution is -2.47. The quantitative estimate of drug-likeness (QED) is 0.727. The highest BCUT2D eigenvalue weighted by Gasteiger charge is 2.31. The number of nitrogens with zero attached hydrogens (tertiary/aromatic N) is 4.